The Morgan fingerprint density at radius 3 is 2.74 bits per heavy atom. The van der Waals surface area contributed by atoms with E-state index in [1.807, 2.05) is 36.1 Å². The monoisotopic (exact) mass is 368 g/mol. The molecule has 8 heteroatoms. The van der Waals surface area contributed by atoms with Crippen molar-refractivity contribution in [2.75, 3.05) is 49.6 Å². The molecule has 1 atom stereocenters. The highest BCUT2D eigenvalue weighted by Crippen LogP contribution is 2.22. The summed E-state index contributed by atoms with van der Waals surface area (Å²) in [5.41, 5.74) is 0. The van der Waals surface area contributed by atoms with Crippen LogP contribution >= 0.6 is 0 Å². The van der Waals surface area contributed by atoms with Crippen LogP contribution in [-0.2, 0) is 9.53 Å². The fourth-order valence-electron chi connectivity index (χ4n) is 3.49. The molecular formula is C19H24N6O2. The Labute approximate surface area is 158 Å². The van der Waals surface area contributed by atoms with E-state index in [1.54, 1.807) is 6.20 Å². The minimum absolute atomic E-state index is 0.0343. The second-order valence-electron chi connectivity index (χ2n) is 6.87. The average molecular weight is 368 g/mol. The van der Waals surface area contributed by atoms with Crippen molar-refractivity contribution in [3.63, 3.8) is 0 Å². The maximum absolute atomic E-state index is 12.5. The number of hydrogen-bond acceptors (Lipinski definition) is 7. The van der Waals surface area contributed by atoms with Gasteiger partial charge in [0.05, 0.1) is 12.5 Å². The normalized spacial score (nSPS) is 20.0. The van der Waals surface area contributed by atoms with Gasteiger partial charge < -0.3 is 19.9 Å². The van der Waals surface area contributed by atoms with Crippen molar-refractivity contribution in [1.29, 1.82) is 0 Å². The standard InChI is InChI=1S/C19H24N6O2/c1-14-21-17(23-16-4-2-3-6-20-16)12-18(22-14)24-7-9-25(10-8-24)19(26)15-5-11-27-13-15/h2-4,6,12,15H,5,7-11,13H2,1H3,(H,20,21,22,23). The Hall–Kier alpha value is -2.74. The number of aromatic nitrogens is 3. The summed E-state index contributed by atoms with van der Waals surface area (Å²) in [5, 5.41) is 3.22. The van der Waals surface area contributed by atoms with Crippen LogP contribution in [0.1, 0.15) is 12.2 Å². The van der Waals surface area contributed by atoms with Gasteiger partial charge in [-0.05, 0) is 25.5 Å². The molecule has 0 radical (unpaired) electrons. The minimum Gasteiger partial charge on any atom is -0.381 e. The Kier molecular flexibility index (Phi) is 5.15. The van der Waals surface area contributed by atoms with Crippen molar-refractivity contribution in [3.05, 3.63) is 36.3 Å². The third-order valence-corrected chi connectivity index (χ3v) is 4.94. The zero-order valence-electron chi connectivity index (χ0n) is 15.5. The fraction of sp³-hybridized carbons (Fsp3) is 0.474. The number of pyridine rings is 1. The van der Waals surface area contributed by atoms with Crippen LogP contribution in [0.5, 0.6) is 0 Å². The molecule has 2 aromatic heterocycles. The van der Waals surface area contributed by atoms with Crippen molar-refractivity contribution in [1.82, 2.24) is 19.9 Å². The summed E-state index contributed by atoms with van der Waals surface area (Å²) in [6.07, 6.45) is 2.58. The molecule has 0 spiro atoms. The molecule has 2 aliphatic heterocycles. The molecule has 4 rings (SSSR count). The number of amides is 1. The van der Waals surface area contributed by atoms with E-state index in [0.29, 0.717) is 32.1 Å². The van der Waals surface area contributed by atoms with E-state index in [4.69, 9.17) is 4.74 Å². The second-order valence-corrected chi connectivity index (χ2v) is 6.87. The van der Waals surface area contributed by atoms with Gasteiger partial charge in [0.1, 0.15) is 23.3 Å². The molecule has 0 aromatic carbocycles. The van der Waals surface area contributed by atoms with E-state index < -0.39 is 0 Å². The van der Waals surface area contributed by atoms with Crippen LogP contribution in [0.2, 0.25) is 0 Å². The van der Waals surface area contributed by atoms with Crippen LogP contribution in [0, 0.1) is 12.8 Å². The zero-order chi connectivity index (χ0) is 18.6. The molecule has 8 nitrogen and oxygen atoms in total. The van der Waals surface area contributed by atoms with E-state index in [1.165, 1.54) is 0 Å². The molecule has 1 N–H and O–H groups in total. The van der Waals surface area contributed by atoms with Crippen molar-refractivity contribution in [2.45, 2.75) is 13.3 Å². The van der Waals surface area contributed by atoms with E-state index in [9.17, 15) is 4.79 Å². The number of piperazine rings is 1. The number of carbonyl (C=O) groups is 1. The van der Waals surface area contributed by atoms with Crippen molar-refractivity contribution < 1.29 is 9.53 Å². The SMILES string of the molecule is Cc1nc(Nc2ccccn2)cc(N2CCN(C(=O)C3CCOC3)CC2)n1. The third-order valence-electron chi connectivity index (χ3n) is 4.94. The first-order valence-corrected chi connectivity index (χ1v) is 9.34. The van der Waals surface area contributed by atoms with Crippen LogP contribution in [0.4, 0.5) is 17.5 Å². The van der Waals surface area contributed by atoms with E-state index >= 15 is 0 Å². The maximum atomic E-state index is 12.5. The molecule has 2 aliphatic rings. The number of hydrogen-bond donors (Lipinski definition) is 1. The molecule has 4 heterocycles. The van der Waals surface area contributed by atoms with Gasteiger partial charge in [-0.2, -0.15) is 0 Å². The van der Waals surface area contributed by atoms with Crippen LogP contribution < -0.4 is 10.2 Å². The first kappa shape index (κ1) is 17.7. The van der Waals surface area contributed by atoms with Gasteiger partial charge in [0.15, 0.2) is 0 Å². The molecule has 27 heavy (non-hydrogen) atoms. The largest absolute Gasteiger partial charge is 0.381 e. The van der Waals surface area contributed by atoms with Crippen LogP contribution in [-0.4, -0.2) is 65.2 Å². The highest BCUT2D eigenvalue weighted by atomic mass is 16.5. The summed E-state index contributed by atoms with van der Waals surface area (Å²) < 4.78 is 5.35. The minimum atomic E-state index is 0.0343. The van der Waals surface area contributed by atoms with Crippen molar-refractivity contribution in [3.8, 4) is 0 Å². The van der Waals surface area contributed by atoms with Gasteiger partial charge in [-0.25, -0.2) is 15.0 Å². The van der Waals surface area contributed by atoms with Gasteiger partial charge in [-0.3, -0.25) is 4.79 Å². The Morgan fingerprint density at radius 1 is 1.19 bits per heavy atom. The number of nitrogens with one attached hydrogen (secondary N) is 1. The summed E-state index contributed by atoms with van der Waals surface area (Å²) in [4.78, 5) is 30.0. The van der Waals surface area contributed by atoms with Gasteiger partial charge in [-0.15, -0.1) is 0 Å². The van der Waals surface area contributed by atoms with Gasteiger partial charge >= 0.3 is 0 Å². The second kappa shape index (κ2) is 7.87. The summed E-state index contributed by atoms with van der Waals surface area (Å²) in [6, 6.07) is 7.63. The Bertz CT molecular complexity index is 786. The number of carbonyl (C=O) groups excluding carboxylic acids is 1. The molecule has 2 aromatic rings. The average Bonchev–Trinajstić information content (AvgIpc) is 3.23. The van der Waals surface area contributed by atoms with Crippen LogP contribution in [0.15, 0.2) is 30.5 Å². The lowest BCUT2D eigenvalue weighted by atomic mass is 10.1. The number of ether oxygens (including phenoxy) is 1. The van der Waals surface area contributed by atoms with Crippen molar-refractivity contribution in [2.24, 2.45) is 5.92 Å². The smallest absolute Gasteiger partial charge is 0.228 e. The van der Waals surface area contributed by atoms with Crippen LogP contribution in [0.3, 0.4) is 0 Å². The summed E-state index contributed by atoms with van der Waals surface area (Å²) >= 11 is 0. The highest BCUT2D eigenvalue weighted by molar-refractivity contribution is 5.79. The quantitative estimate of drug-likeness (QED) is 0.878. The zero-order valence-corrected chi connectivity index (χ0v) is 15.5. The summed E-state index contributed by atoms with van der Waals surface area (Å²) in [6.45, 7) is 6.09. The number of anilines is 3. The van der Waals surface area contributed by atoms with E-state index in [2.05, 4.69) is 25.2 Å². The number of aryl methyl sites for hydroxylation is 1. The van der Waals surface area contributed by atoms with E-state index in [0.717, 1.165) is 37.0 Å². The molecular weight excluding hydrogens is 344 g/mol. The molecule has 2 saturated heterocycles. The summed E-state index contributed by atoms with van der Waals surface area (Å²) in [7, 11) is 0. The molecule has 1 unspecified atom stereocenters. The first-order chi connectivity index (χ1) is 13.2. The predicted octanol–water partition coefficient (Wildman–Crippen LogP) is 1.61. The molecule has 0 saturated carbocycles. The number of rotatable bonds is 4. The topological polar surface area (TPSA) is 83.5 Å². The fourth-order valence-corrected chi connectivity index (χ4v) is 3.49. The van der Waals surface area contributed by atoms with Gasteiger partial charge in [0, 0.05) is 45.0 Å². The lowest BCUT2D eigenvalue weighted by Crippen LogP contribution is -2.50. The van der Waals surface area contributed by atoms with Gasteiger partial charge in [0.2, 0.25) is 5.91 Å². The predicted molar refractivity (Wildman–Crippen MR) is 102 cm³/mol. The highest BCUT2D eigenvalue weighted by Gasteiger charge is 2.30. The Balaban J connectivity index is 1.41. The molecule has 1 amide bonds. The molecule has 0 bridgehead atoms. The number of nitrogens with zero attached hydrogens (tertiary/aromatic N) is 5. The molecule has 2 fully saturated rings. The van der Waals surface area contributed by atoms with E-state index in [-0.39, 0.29) is 11.8 Å². The Morgan fingerprint density at radius 2 is 2.04 bits per heavy atom. The van der Waals surface area contributed by atoms with Crippen molar-refractivity contribution >= 4 is 23.4 Å². The van der Waals surface area contributed by atoms with Crippen LogP contribution in [0.25, 0.3) is 0 Å². The summed E-state index contributed by atoms with van der Waals surface area (Å²) in [5.74, 6) is 3.30. The van der Waals surface area contributed by atoms with Gasteiger partial charge in [-0.1, -0.05) is 6.07 Å². The lowest BCUT2D eigenvalue weighted by molar-refractivity contribution is -0.135. The molecule has 0 aliphatic carbocycles. The lowest BCUT2D eigenvalue weighted by Gasteiger charge is -2.36. The van der Waals surface area contributed by atoms with Gasteiger partial charge in [0.25, 0.3) is 0 Å². The molecule has 142 valence electrons. The third kappa shape index (κ3) is 4.16. The first-order valence-electron chi connectivity index (χ1n) is 9.34. The maximum Gasteiger partial charge on any atom is 0.228 e.